The number of imidazole rings is 1. The first kappa shape index (κ1) is 13.7. The van der Waals surface area contributed by atoms with Crippen LogP contribution in [0.3, 0.4) is 0 Å². The van der Waals surface area contributed by atoms with Gasteiger partial charge in [-0.25, -0.2) is 9.37 Å². The highest BCUT2D eigenvalue weighted by Gasteiger charge is 2.08. The van der Waals surface area contributed by atoms with Crippen molar-refractivity contribution in [1.82, 2.24) is 9.97 Å². The molecule has 2 aromatic carbocycles. The molecule has 104 valence electrons. The number of hydrogen-bond donors (Lipinski definition) is 1. The average molecular weight is 297 g/mol. The Kier molecular flexibility index (Phi) is 3.63. The van der Waals surface area contributed by atoms with Crippen molar-refractivity contribution >= 4 is 22.8 Å². The van der Waals surface area contributed by atoms with E-state index < -0.39 is 0 Å². The maximum atomic E-state index is 13.3. The molecule has 1 aromatic heterocycles. The highest BCUT2D eigenvalue weighted by atomic mass is 32.2. The summed E-state index contributed by atoms with van der Waals surface area (Å²) in [5, 5.41) is 9.81. The van der Waals surface area contributed by atoms with Gasteiger partial charge in [0.05, 0.1) is 22.7 Å². The van der Waals surface area contributed by atoms with Crippen molar-refractivity contribution in [3.8, 4) is 6.07 Å². The van der Waals surface area contributed by atoms with Crippen LogP contribution >= 0.6 is 11.8 Å². The SMILES string of the molecule is Cc1ccc2nc(SCc3cc(F)ccc3C#N)[nH]c2c1. The fourth-order valence-corrected chi connectivity index (χ4v) is 2.98. The molecule has 0 saturated heterocycles. The number of aromatic nitrogens is 2. The molecular formula is C16H12FN3S. The number of thioether (sulfide) groups is 1. The molecule has 0 atom stereocenters. The van der Waals surface area contributed by atoms with E-state index in [1.807, 2.05) is 25.1 Å². The summed E-state index contributed by atoms with van der Waals surface area (Å²) in [6.45, 7) is 2.03. The van der Waals surface area contributed by atoms with E-state index in [0.717, 1.165) is 16.2 Å². The van der Waals surface area contributed by atoms with Crippen LogP contribution in [0.2, 0.25) is 0 Å². The Hall–Kier alpha value is -2.32. The van der Waals surface area contributed by atoms with Gasteiger partial charge in [-0.3, -0.25) is 0 Å². The number of aryl methyl sites for hydroxylation is 1. The number of H-pyrrole nitrogens is 1. The lowest BCUT2D eigenvalue weighted by Crippen LogP contribution is -1.89. The smallest absolute Gasteiger partial charge is 0.166 e. The van der Waals surface area contributed by atoms with Crippen LogP contribution in [0.1, 0.15) is 16.7 Å². The maximum Gasteiger partial charge on any atom is 0.166 e. The summed E-state index contributed by atoms with van der Waals surface area (Å²) in [5.41, 5.74) is 4.23. The van der Waals surface area contributed by atoms with Crippen LogP contribution in [-0.4, -0.2) is 9.97 Å². The summed E-state index contributed by atoms with van der Waals surface area (Å²) < 4.78 is 13.3. The Labute approximate surface area is 125 Å². The second-order valence-electron chi connectivity index (χ2n) is 4.76. The molecule has 1 heterocycles. The van der Waals surface area contributed by atoms with Crippen LogP contribution in [0.5, 0.6) is 0 Å². The number of nitriles is 1. The Morgan fingerprint density at radius 2 is 2.14 bits per heavy atom. The van der Waals surface area contributed by atoms with Gasteiger partial charge in [0, 0.05) is 5.75 Å². The monoisotopic (exact) mass is 297 g/mol. The quantitative estimate of drug-likeness (QED) is 0.738. The van der Waals surface area contributed by atoms with Crippen LogP contribution in [0, 0.1) is 24.1 Å². The van der Waals surface area contributed by atoms with Crippen molar-refractivity contribution in [2.24, 2.45) is 0 Å². The number of nitrogens with zero attached hydrogens (tertiary/aromatic N) is 2. The molecule has 3 aromatic rings. The molecule has 0 aliphatic carbocycles. The molecule has 21 heavy (non-hydrogen) atoms. The molecule has 0 fully saturated rings. The van der Waals surface area contributed by atoms with E-state index in [1.165, 1.54) is 35.5 Å². The van der Waals surface area contributed by atoms with Gasteiger partial charge >= 0.3 is 0 Å². The van der Waals surface area contributed by atoms with Crippen LogP contribution in [-0.2, 0) is 5.75 Å². The maximum absolute atomic E-state index is 13.3. The molecule has 0 radical (unpaired) electrons. The van der Waals surface area contributed by atoms with Gasteiger partial charge in [-0.05, 0) is 48.4 Å². The van der Waals surface area contributed by atoms with Crippen LogP contribution in [0.4, 0.5) is 4.39 Å². The minimum atomic E-state index is -0.329. The van der Waals surface area contributed by atoms with E-state index in [2.05, 4.69) is 16.0 Å². The Morgan fingerprint density at radius 1 is 1.29 bits per heavy atom. The highest BCUT2D eigenvalue weighted by molar-refractivity contribution is 7.98. The van der Waals surface area contributed by atoms with Crippen molar-refractivity contribution in [2.75, 3.05) is 0 Å². The molecule has 0 aliphatic rings. The number of aromatic amines is 1. The van der Waals surface area contributed by atoms with Gasteiger partial charge in [0.25, 0.3) is 0 Å². The lowest BCUT2D eigenvalue weighted by atomic mass is 10.1. The summed E-state index contributed by atoms with van der Waals surface area (Å²) in [6.07, 6.45) is 0. The van der Waals surface area contributed by atoms with E-state index in [9.17, 15) is 4.39 Å². The Balaban J connectivity index is 1.83. The molecule has 0 bridgehead atoms. The topological polar surface area (TPSA) is 52.5 Å². The third-order valence-corrected chi connectivity index (χ3v) is 4.09. The third kappa shape index (κ3) is 2.91. The zero-order chi connectivity index (χ0) is 14.8. The van der Waals surface area contributed by atoms with Crippen molar-refractivity contribution in [2.45, 2.75) is 17.8 Å². The number of benzene rings is 2. The van der Waals surface area contributed by atoms with Gasteiger partial charge in [-0.1, -0.05) is 17.8 Å². The predicted molar refractivity (Wildman–Crippen MR) is 81.5 cm³/mol. The van der Waals surface area contributed by atoms with Crippen molar-refractivity contribution < 1.29 is 4.39 Å². The van der Waals surface area contributed by atoms with Gasteiger partial charge < -0.3 is 4.98 Å². The van der Waals surface area contributed by atoms with Crippen LogP contribution in [0.25, 0.3) is 11.0 Å². The standard InChI is InChI=1S/C16H12FN3S/c1-10-2-5-14-15(6-10)20-16(19-14)21-9-12-7-13(17)4-3-11(12)8-18/h2-7H,9H2,1H3,(H,19,20). The number of hydrogen-bond acceptors (Lipinski definition) is 3. The molecule has 5 heteroatoms. The lowest BCUT2D eigenvalue weighted by molar-refractivity contribution is 0.626. The molecule has 0 spiro atoms. The first-order valence-electron chi connectivity index (χ1n) is 6.43. The normalized spacial score (nSPS) is 10.7. The molecule has 0 unspecified atom stereocenters. The first-order valence-corrected chi connectivity index (χ1v) is 7.42. The molecular weight excluding hydrogens is 285 g/mol. The van der Waals surface area contributed by atoms with E-state index in [0.29, 0.717) is 16.9 Å². The minimum Gasteiger partial charge on any atom is -0.333 e. The molecule has 3 rings (SSSR count). The predicted octanol–water partition coefficient (Wildman–Crippen LogP) is 4.17. The fraction of sp³-hybridized carbons (Fsp3) is 0.125. The van der Waals surface area contributed by atoms with Crippen LogP contribution < -0.4 is 0 Å². The summed E-state index contributed by atoms with van der Waals surface area (Å²) in [5.74, 6) is 0.171. The fourth-order valence-electron chi connectivity index (χ4n) is 2.11. The second kappa shape index (κ2) is 5.58. The summed E-state index contributed by atoms with van der Waals surface area (Å²) >= 11 is 1.46. The van der Waals surface area contributed by atoms with Crippen LogP contribution in [0.15, 0.2) is 41.6 Å². The lowest BCUT2D eigenvalue weighted by Gasteiger charge is -2.02. The van der Waals surface area contributed by atoms with E-state index in [1.54, 1.807) is 0 Å². The molecule has 1 N–H and O–H groups in total. The van der Waals surface area contributed by atoms with Gasteiger partial charge in [0.15, 0.2) is 5.16 Å². The molecule has 0 saturated carbocycles. The number of rotatable bonds is 3. The number of halogens is 1. The van der Waals surface area contributed by atoms with Crippen molar-refractivity contribution in [3.05, 3.63) is 58.9 Å². The van der Waals surface area contributed by atoms with E-state index >= 15 is 0 Å². The van der Waals surface area contributed by atoms with E-state index in [-0.39, 0.29) is 5.82 Å². The summed E-state index contributed by atoms with van der Waals surface area (Å²) in [4.78, 5) is 7.71. The molecule has 0 aliphatic heterocycles. The van der Waals surface area contributed by atoms with Gasteiger partial charge in [0.1, 0.15) is 5.82 Å². The van der Waals surface area contributed by atoms with Gasteiger partial charge in [-0.15, -0.1) is 0 Å². The van der Waals surface area contributed by atoms with Crippen molar-refractivity contribution in [3.63, 3.8) is 0 Å². The largest absolute Gasteiger partial charge is 0.333 e. The van der Waals surface area contributed by atoms with Crippen molar-refractivity contribution in [1.29, 1.82) is 5.26 Å². The van der Waals surface area contributed by atoms with Gasteiger partial charge in [-0.2, -0.15) is 5.26 Å². The highest BCUT2D eigenvalue weighted by Crippen LogP contribution is 2.25. The second-order valence-corrected chi connectivity index (χ2v) is 5.73. The first-order chi connectivity index (χ1) is 10.2. The third-order valence-electron chi connectivity index (χ3n) is 3.17. The van der Waals surface area contributed by atoms with Gasteiger partial charge in [0.2, 0.25) is 0 Å². The summed E-state index contributed by atoms with van der Waals surface area (Å²) in [7, 11) is 0. The molecule has 3 nitrogen and oxygen atoms in total. The van der Waals surface area contributed by atoms with E-state index in [4.69, 9.17) is 5.26 Å². The zero-order valence-corrected chi connectivity index (χ0v) is 12.2. The zero-order valence-electron chi connectivity index (χ0n) is 11.4. The Bertz CT molecular complexity index is 848. The summed E-state index contributed by atoms with van der Waals surface area (Å²) in [6, 6.07) is 12.3. The Morgan fingerprint density at radius 3 is 2.95 bits per heavy atom. The number of nitrogens with one attached hydrogen (secondary N) is 1. The molecule has 0 amide bonds. The number of fused-ring (bicyclic) bond motifs is 1. The average Bonchev–Trinajstić information content (AvgIpc) is 2.87. The minimum absolute atomic E-state index is 0.329.